The van der Waals surface area contributed by atoms with Crippen molar-refractivity contribution >= 4 is 22.7 Å². The number of hydrogen-bond donors (Lipinski definition) is 2. The van der Waals surface area contributed by atoms with E-state index in [1.807, 2.05) is 0 Å². The quantitative estimate of drug-likeness (QED) is 0.738. The van der Waals surface area contributed by atoms with Gasteiger partial charge in [-0.1, -0.05) is 0 Å². The number of nitrogens with zero attached hydrogens (tertiary/aromatic N) is 1. The van der Waals surface area contributed by atoms with Gasteiger partial charge in [-0.15, -0.1) is 0 Å². The average molecular weight is 234 g/mol. The predicted octanol–water partition coefficient (Wildman–Crippen LogP) is 0.219. The molecule has 1 fully saturated rings. The summed E-state index contributed by atoms with van der Waals surface area (Å²) in [5.41, 5.74) is 1.62. The summed E-state index contributed by atoms with van der Waals surface area (Å²) >= 11 is 0. The van der Waals surface area contributed by atoms with Crippen LogP contribution in [0.5, 0.6) is 0 Å². The highest BCUT2D eigenvalue weighted by molar-refractivity contribution is 5.97. The Hall–Kier alpha value is -2.08. The van der Waals surface area contributed by atoms with Gasteiger partial charge in [0.25, 0.3) is 0 Å². The highest BCUT2D eigenvalue weighted by atomic mass is 16.4. The third-order valence-corrected chi connectivity index (χ3v) is 2.82. The van der Waals surface area contributed by atoms with Crippen LogP contribution >= 0.6 is 0 Å². The first-order valence-electron chi connectivity index (χ1n) is 5.25. The van der Waals surface area contributed by atoms with E-state index >= 15 is 0 Å². The second-order valence-electron chi connectivity index (χ2n) is 4.06. The fourth-order valence-corrected chi connectivity index (χ4v) is 2.04. The van der Waals surface area contributed by atoms with E-state index < -0.39 is 11.9 Å². The maximum atomic E-state index is 11.6. The van der Waals surface area contributed by atoms with E-state index in [1.165, 1.54) is 4.90 Å². The third kappa shape index (κ3) is 1.62. The van der Waals surface area contributed by atoms with Crippen molar-refractivity contribution in [3.63, 3.8) is 0 Å². The number of β-amino-alcohol motifs (C(OH)–C–C–N with tert-alkyl or cyclic N) is 1. The van der Waals surface area contributed by atoms with Gasteiger partial charge in [0.05, 0.1) is 24.6 Å². The van der Waals surface area contributed by atoms with E-state index in [2.05, 4.69) is 4.98 Å². The van der Waals surface area contributed by atoms with Crippen LogP contribution in [0.1, 0.15) is 6.42 Å². The number of hydrogen-bond acceptors (Lipinski definition) is 4. The molecule has 0 radical (unpaired) electrons. The molecule has 6 nitrogen and oxygen atoms in total. The highest BCUT2D eigenvalue weighted by Crippen LogP contribution is 2.24. The summed E-state index contributed by atoms with van der Waals surface area (Å²) in [5.74, 6) is -0.653. The summed E-state index contributed by atoms with van der Waals surface area (Å²) in [4.78, 5) is 26.6. The molecule has 0 bridgehead atoms. The Morgan fingerprint density at radius 1 is 1.41 bits per heavy atom. The number of anilines is 1. The average Bonchev–Trinajstić information content (AvgIpc) is 2.78. The summed E-state index contributed by atoms with van der Waals surface area (Å²) in [6.07, 6.45) is -0.494. The number of oxazole rings is 1. The minimum Gasteiger partial charge on any atom is -0.408 e. The van der Waals surface area contributed by atoms with Gasteiger partial charge in [-0.25, -0.2) is 4.79 Å². The van der Waals surface area contributed by atoms with Crippen LogP contribution in [-0.2, 0) is 4.79 Å². The van der Waals surface area contributed by atoms with E-state index in [0.29, 0.717) is 16.8 Å². The van der Waals surface area contributed by atoms with Gasteiger partial charge >= 0.3 is 5.76 Å². The van der Waals surface area contributed by atoms with E-state index in [4.69, 9.17) is 4.42 Å². The number of rotatable bonds is 1. The van der Waals surface area contributed by atoms with Gasteiger partial charge in [0, 0.05) is 11.8 Å². The molecule has 0 saturated carbocycles. The van der Waals surface area contributed by atoms with E-state index in [0.717, 1.165) is 0 Å². The number of aromatic amines is 1. The Morgan fingerprint density at radius 2 is 2.24 bits per heavy atom. The van der Waals surface area contributed by atoms with E-state index in [1.54, 1.807) is 18.2 Å². The second-order valence-corrected chi connectivity index (χ2v) is 4.06. The third-order valence-electron chi connectivity index (χ3n) is 2.82. The topological polar surface area (TPSA) is 86.5 Å². The fraction of sp³-hybridized carbons (Fsp3) is 0.273. The Bertz CT molecular complexity index is 642. The van der Waals surface area contributed by atoms with Crippen molar-refractivity contribution in [1.29, 1.82) is 0 Å². The van der Waals surface area contributed by atoms with Crippen LogP contribution in [0.15, 0.2) is 27.4 Å². The number of benzene rings is 1. The molecule has 1 atom stereocenters. The minimum atomic E-state index is -0.628. The van der Waals surface area contributed by atoms with Crippen LogP contribution < -0.4 is 10.7 Å². The maximum Gasteiger partial charge on any atom is 0.417 e. The Kier molecular flexibility index (Phi) is 2.05. The monoisotopic (exact) mass is 234 g/mol. The van der Waals surface area contributed by atoms with Crippen LogP contribution in [0.2, 0.25) is 0 Å². The molecular formula is C11H10N2O4. The summed E-state index contributed by atoms with van der Waals surface area (Å²) in [7, 11) is 0. The molecule has 1 aromatic carbocycles. The summed E-state index contributed by atoms with van der Waals surface area (Å²) in [5, 5.41) is 9.41. The molecule has 0 aliphatic carbocycles. The zero-order valence-electron chi connectivity index (χ0n) is 8.84. The number of H-pyrrole nitrogens is 1. The lowest BCUT2D eigenvalue weighted by Crippen LogP contribution is -2.25. The molecule has 2 heterocycles. The van der Waals surface area contributed by atoms with Crippen molar-refractivity contribution in [3.8, 4) is 0 Å². The molecule has 1 saturated heterocycles. The van der Waals surface area contributed by atoms with Crippen molar-refractivity contribution in [1.82, 2.24) is 4.98 Å². The molecule has 2 aromatic rings. The molecule has 2 N–H and O–H groups in total. The van der Waals surface area contributed by atoms with Crippen molar-refractivity contribution in [2.24, 2.45) is 0 Å². The van der Waals surface area contributed by atoms with Crippen LogP contribution in [-0.4, -0.2) is 28.6 Å². The molecule has 1 unspecified atom stereocenters. The lowest BCUT2D eigenvalue weighted by atomic mass is 10.2. The van der Waals surface area contributed by atoms with Gasteiger partial charge in [-0.2, -0.15) is 0 Å². The van der Waals surface area contributed by atoms with Crippen molar-refractivity contribution in [2.45, 2.75) is 12.5 Å². The standard InChI is InChI=1S/C11H10N2O4/c14-7-4-10(15)13(5-7)6-1-2-8-9(3-6)17-11(16)12-8/h1-3,7,14H,4-5H2,(H,12,16). The van der Waals surface area contributed by atoms with Crippen LogP contribution in [0.4, 0.5) is 5.69 Å². The lowest BCUT2D eigenvalue weighted by Gasteiger charge is -2.15. The van der Waals surface area contributed by atoms with Gasteiger partial charge in [0.2, 0.25) is 5.91 Å². The zero-order valence-corrected chi connectivity index (χ0v) is 8.84. The van der Waals surface area contributed by atoms with Gasteiger partial charge < -0.3 is 14.4 Å². The second kappa shape index (κ2) is 3.46. The number of amides is 1. The summed E-state index contributed by atoms with van der Waals surface area (Å²) < 4.78 is 4.92. The van der Waals surface area contributed by atoms with E-state index in [-0.39, 0.29) is 18.9 Å². The number of aromatic nitrogens is 1. The van der Waals surface area contributed by atoms with Crippen molar-refractivity contribution in [3.05, 3.63) is 28.7 Å². The van der Waals surface area contributed by atoms with Crippen LogP contribution in [0, 0.1) is 0 Å². The van der Waals surface area contributed by atoms with Crippen LogP contribution in [0.25, 0.3) is 11.1 Å². The van der Waals surface area contributed by atoms with Gasteiger partial charge in [0.15, 0.2) is 5.58 Å². The first kappa shape index (κ1) is 10.1. The smallest absolute Gasteiger partial charge is 0.408 e. The molecule has 6 heteroatoms. The fourth-order valence-electron chi connectivity index (χ4n) is 2.04. The highest BCUT2D eigenvalue weighted by Gasteiger charge is 2.29. The lowest BCUT2D eigenvalue weighted by molar-refractivity contribution is -0.117. The van der Waals surface area contributed by atoms with Crippen molar-refractivity contribution in [2.75, 3.05) is 11.4 Å². The maximum absolute atomic E-state index is 11.6. The molecule has 3 rings (SSSR count). The first-order valence-corrected chi connectivity index (χ1v) is 5.25. The molecule has 88 valence electrons. The van der Waals surface area contributed by atoms with Gasteiger partial charge in [0.1, 0.15) is 0 Å². The summed E-state index contributed by atoms with van der Waals surface area (Å²) in [6.45, 7) is 0.277. The number of nitrogens with one attached hydrogen (secondary N) is 1. The van der Waals surface area contributed by atoms with Crippen molar-refractivity contribution < 1.29 is 14.3 Å². The van der Waals surface area contributed by atoms with Gasteiger partial charge in [-0.3, -0.25) is 9.78 Å². The van der Waals surface area contributed by atoms with E-state index in [9.17, 15) is 14.7 Å². The Balaban J connectivity index is 2.06. The predicted molar refractivity (Wildman–Crippen MR) is 59.8 cm³/mol. The largest absolute Gasteiger partial charge is 0.417 e. The number of aliphatic hydroxyl groups is 1. The normalized spacial score (nSPS) is 20.4. The molecular weight excluding hydrogens is 224 g/mol. The number of aliphatic hydroxyl groups excluding tert-OH is 1. The zero-order chi connectivity index (χ0) is 12.0. The van der Waals surface area contributed by atoms with Gasteiger partial charge in [-0.05, 0) is 12.1 Å². The number of carbonyl (C=O) groups is 1. The molecule has 17 heavy (non-hydrogen) atoms. The SMILES string of the molecule is O=C1CC(O)CN1c1ccc2[nH]c(=O)oc2c1. The molecule has 1 amide bonds. The molecule has 1 aliphatic rings. The first-order chi connectivity index (χ1) is 8.13. The molecule has 1 aliphatic heterocycles. The Labute approximate surface area is 95.5 Å². The molecule has 1 aromatic heterocycles. The number of fused-ring (bicyclic) bond motifs is 1. The molecule has 0 spiro atoms. The number of carbonyl (C=O) groups excluding carboxylic acids is 1. The minimum absolute atomic E-state index is 0.130. The summed E-state index contributed by atoms with van der Waals surface area (Å²) in [6, 6.07) is 5.00. The van der Waals surface area contributed by atoms with Crippen LogP contribution in [0.3, 0.4) is 0 Å². The Morgan fingerprint density at radius 3 is 2.94 bits per heavy atom.